The Morgan fingerprint density at radius 2 is 2.17 bits per heavy atom. The lowest BCUT2D eigenvalue weighted by atomic mass is 10.8. The minimum atomic E-state index is 0.104. The molecule has 0 radical (unpaired) electrons. The molecule has 0 unspecified atom stereocenters. The predicted octanol–water partition coefficient (Wildman–Crippen LogP) is 1.52. The van der Waals surface area contributed by atoms with Gasteiger partial charge in [0.2, 0.25) is 0 Å². The van der Waals surface area contributed by atoms with Crippen LogP contribution in [0.5, 0.6) is 0 Å². The number of hydrogen-bond acceptors (Lipinski definition) is 1. The topological polar surface area (TPSA) is 9.23 Å². The molecule has 36 valence electrons. The number of alkyl halides is 1. The monoisotopic (exact) mass is 150 g/mol. The second kappa shape index (κ2) is 1.20. The molecule has 0 aromatic carbocycles. The van der Waals surface area contributed by atoms with Crippen molar-refractivity contribution >= 4 is 15.9 Å². The third-order valence-corrected chi connectivity index (χ3v) is 2.13. The maximum atomic E-state index is 4.97. The quantitative estimate of drug-likeness (QED) is 0.516. The largest absolute Gasteiger partial charge is 0.367 e. The minimum Gasteiger partial charge on any atom is -0.367 e. The molecule has 6 heavy (non-hydrogen) atoms. The van der Waals surface area contributed by atoms with Gasteiger partial charge < -0.3 is 4.74 Å². The van der Waals surface area contributed by atoms with E-state index in [2.05, 4.69) is 15.9 Å². The van der Waals surface area contributed by atoms with Crippen LogP contribution in [-0.2, 0) is 4.74 Å². The van der Waals surface area contributed by atoms with Gasteiger partial charge in [-0.2, -0.15) is 0 Å². The van der Waals surface area contributed by atoms with Gasteiger partial charge in [-0.1, -0.05) is 15.9 Å². The van der Waals surface area contributed by atoms with E-state index in [4.69, 9.17) is 4.74 Å². The van der Waals surface area contributed by atoms with Gasteiger partial charge in [-0.25, -0.2) is 0 Å². The van der Waals surface area contributed by atoms with Gasteiger partial charge in [0.25, 0.3) is 0 Å². The van der Waals surface area contributed by atoms with Crippen LogP contribution < -0.4 is 0 Å². The SMILES string of the molecule is COC1(Br)CC1. The Kier molecular flexibility index (Phi) is 0.922. The van der Waals surface area contributed by atoms with Crippen LogP contribution in [0.1, 0.15) is 12.8 Å². The van der Waals surface area contributed by atoms with E-state index >= 15 is 0 Å². The van der Waals surface area contributed by atoms with E-state index in [-0.39, 0.29) is 4.51 Å². The number of hydrogen-bond donors (Lipinski definition) is 0. The summed E-state index contributed by atoms with van der Waals surface area (Å²) in [4.78, 5) is 0. The second-order valence-corrected chi connectivity index (χ2v) is 3.03. The van der Waals surface area contributed by atoms with Crippen LogP contribution in [0, 0.1) is 0 Å². The summed E-state index contributed by atoms with van der Waals surface area (Å²) < 4.78 is 5.07. The second-order valence-electron chi connectivity index (χ2n) is 1.59. The van der Waals surface area contributed by atoms with Crippen molar-refractivity contribution in [3.8, 4) is 0 Å². The summed E-state index contributed by atoms with van der Waals surface area (Å²) in [5, 5.41) is 0. The first-order chi connectivity index (χ1) is 2.77. The standard InChI is InChI=1S/C4H7BrO/c1-6-4(5)2-3-4/h2-3H2,1H3. The smallest absolute Gasteiger partial charge is 0.122 e. The van der Waals surface area contributed by atoms with Crippen LogP contribution in [0.4, 0.5) is 0 Å². The van der Waals surface area contributed by atoms with Gasteiger partial charge in [-0.05, 0) is 12.8 Å². The lowest BCUT2D eigenvalue weighted by Gasteiger charge is -1.97. The molecule has 1 nitrogen and oxygen atoms in total. The molecule has 2 heteroatoms. The predicted molar refractivity (Wildman–Crippen MR) is 27.9 cm³/mol. The van der Waals surface area contributed by atoms with Gasteiger partial charge in [-0.15, -0.1) is 0 Å². The van der Waals surface area contributed by atoms with Crippen LogP contribution >= 0.6 is 15.9 Å². The Hall–Kier alpha value is 0.440. The van der Waals surface area contributed by atoms with Crippen molar-refractivity contribution in [1.82, 2.24) is 0 Å². The molecule has 0 aromatic rings. The molecule has 1 aliphatic rings. The number of rotatable bonds is 1. The van der Waals surface area contributed by atoms with Crippen molar-refractivity contribution in [3.63, 3.8) is 0 Å². The van der Waals surface area contributed by atoms with Crippen LogP contribution in [0.15, 0.2) is 0 Å². The van der Waals surface area contributed by atoms with E-state index in [1.165, 1.54) is 12.8 Å². The lowest BCUT2D eigenvalue weighted by Crippen LogP contribution is -1.96. The highest BCUT2D eigenvalue weighted by Gasteiger charge is 2.39. The fourth-order valence-electron chi connectivity index (χ4n) is 0.302. The molecule has 0 aliphatic heterocycles. The van der Waals surface area contributed by atoms with Gasteiger partial charge in [0, 0.05) is 7.11 Å². The van der Waals surface area contributed by atoms with Crippen molar-refractivity contribution in [3.05, 3.63) is 0 Å². The summed E-state index contributed by atoms with van der Waals surface area (Å²) in [5.74, 6) is 0. The molecule has 0 amide bonds. The van der Waals surface area contributed by atoms with Crippen molar-refractivity contribution in [2.24, 2.45) is 0 Å². The molecule has 0 bridgehead atoms. The summed E-state index contributed by atoms with van der Waals surface area (Å²) in [6.07, 6.45) is 2.34. The van der Waals surface area contributed by atoms with Crippen molar-refractivity contribution < 1.29 is 4.74 Å². The summed E-state index contributed by atoms with van der Waals surface area (Å²) in [6.45, 7) is 0. The highest BCUT2D eigenvalue weighted by atomic mass is 79.9. The third kappa shape index (κ3) is 0.738. The van der Waals surface area contributed by atoms with Gasteiger partial charge in [-0.3, -0.25) is 0 Å². The molecule has 1 aliphatic carbocycles. The van der Waals surface area contributed by atoms with Crippen molar-refractivity contribution in [2.75, 3.05) is 7.11 Å². The van der Waals surface area contributed by atoms with Gasteiger partial charge in [0.15, 0.2) is 0 Å². The lowest BCUT2D eigenvalue weighted by molar-refractivity contribution is 0.162. The Balaban J connectivity index is 2.28. The minimum absolute atomic E-state index is 0.104. The van der Waals surface area contributed by atoms with Crippen molar-refractivity contribution in [1.29, 1.82) is 0 Å². The Morgan fingerprint density at radius 1 is 1.67 bits per heavy atom. The molecular formula is C4H7BrO. The van der Waals surface area contributed by atoms with Crippen LogP contribution in [0.3, 0.4) is 0 Å². The first kappa shape index (κ1) is 4.60. The average Bonchev–Trinajstić information content (AvgIpc) is 2.22. The number of halogens is 1. The van der Waals surface area contributed by atoms with Gasteiger partial charge >= 0.3 is 0 Å². The molecule has 1 rings (SSSR count). The molecule has 0 heterocycles. The third-order valence-electron chi connectivity index (χ3n) is 1.01. The molecule has 0 aromatic heterocycles. The zero-order valence-electron chi connectivity index (χ0n) is 3.70. The maximum Gasteiger partial charge on any atom is 0.122 e. The Morgan fingerprint density at radius 3 is 2.17 bits per heavy atom. The Labute approximate surface area is 45.8 Å². The molecule has 0 spiro atoms. The molecular weight excluding hydrogens is 144 g/mol. The summed E-state index contributed by atoms with van der Waals surface area (Å²) in [7, 11) is 1.72. The summed E-state index contributed by atoms with van der Waals surface area (Å²) >= 11 is 3.37. The molecule has 0 N–H and O–H groups in total. The zero-order chi connectivity index (χ0) is 4.62. The normalized spacial score (nSPS) is 27.0. The molecule has 0 saturated heterocycles. The summed E-state index contributed by atoms with van der Waals surface area (Å²) in [5.41, 5.74) is 0. The molecule has 0 atom stereocenters. The van der Waals surface area contributed by atoms with Crippen molar-refractivity contribution in [2.45, 2.75) is 17.4 Å². The van der Waals surface area contributed by atoms with E-state index in [0.29, 0.717) is 0 Å². The van der Waals surface area contributed by atoms with Crippen LogP contribution in [0.25, 0.3) is 0 Å². The molecule has 1 fully saturated rings. The van der Waals surface area contributed by atoms with Gasteiger partial charge in [0.1, 0.15) is 4.51 Å². The fourth-order valence-corrected chi connectivity index (χ4v) is 0.501. The van der Waals surface area contributed by atoms with Crippen LogP contribution in [-0.4, -0.2) is 11.6 Å². The maximum absolute atomic E-state index is 4.97. The number of methoxy groups -OCH3 is 1. The first-order valence-corrected chi connectivity index (χ1v) is 2.80. The van der Waals surface area contributed by atoms with Gasteiger partial charge in [0.05, 0.1) is 0 Å². The fraction of sp³-hybridized carbons (Fsp3) is 1.00. The molecule has 1 saturated carbocycles. The zero-order valence-corrected chi connectivity index (χ0v) is 5.29. The van der Waals surface area contributed by atoms with Crippen LogP contribution in [0.2, 0.25) is 0 Å². The van der Waals surface area contributed by atoms with E-state index in [9.17, 15) is 0 Å². The number of ether oxygens (including phenoxy) is 1. The van der Waals surface area contributed by atoms with E-state index < -0.39 is 0 Å². The highest BCUT2D eigenvalue weighted by Crippen LogP contribution is 2.44. The van der Waals surface area contributed by atoms with E-state index in [0.717, 1.165) is 0 Å². The highest BCUT2D eigenvalue weighted by molar-refractivity contribution is 9.10. The Bertz CT molecular complexity index is 58.6. The first-order valence-electron chi connectivity index (χ1n) is 2.01. The van der Waals surface area contributed by atoms with E-state index in [1.807, 2.05) is 0 Å². The summed E-state index contributed by atoms with van der Waals surface area (Å²) in [6, 6.07) is 0. The average molecular weight is 151 g/mol. The van der Waals surface area contributed by atoms with E-state index in [1.54, 1.807) is 7.11 Å².